The Morgan fingerprint density at radius 2 is 2.12 bits per heavy atom. The molecule has 0 bridgehead atoms. The molecule has 2 nitrogen and oxygen atoms in total. The second-order valence-electron chi connectivity index (χ2n) is 1.58. The van der Waals surface area contributed by atoms with Gasteiger partial charge >= 0.3 is 0 Å². The van der Waals surface area contributed by atoms with Crippen LogP contribution in [-0.2, 0) is 0 Å². The van der Waals surface area contributed by atoms with E-state index in [-0.39, 0.29) is 0 Å². The fourth-order valence-corrected chi connectivity index (χ4v) is 0.699. The second kappa shape index (κ2) is 7.40. The lowest BCUT2D eigenvalue weighted by atomic mass is 10.4. The van der Waals surface area contributed by atoms with E-state index in [9.17, 15) is 0 Å². The maximum absolute atomic E-state index is 5.26. The van der Waals surface area contributed by atoms with E-state index in [0.29, 0.717) is 0 Å². The predicted molar refractivity (Wildman–Crippen MR) is 40.3 cm³/mol. The molecule has 0 aliphatic carbocycles. The molecular weight excluding hydrogens is 168 g/mol. The predicted octanol–water partition coefficient (Wildman–Crippen LogP) is 0.320. The Labute approximate surface area is 59.0 Å². The topological polar surface area (TPSA) is 38.0 Å². The number of hydrogen-bond donors (Lipinski definition) is 2. The Balaban J connectivity index is 2.53. The van der Waals surface area contributed by atoms with Crippen molar-refractivity contribution in [1.29, 1.82) is 0 Å². The van der Waals surface area contributed by atoms with Gasteiger partial charge in [-0.2, -0.15) is 0 Å². The Bertz CT molecular complexity index is 35.4. The molecule has 0 atom stereocenters. The quantitative estimate of drug-likeness (QED) is 0.473. The maximum atomic E-state index is 5.26. The van der Waals surface area contributed by atoms with Gasteiger partial charge in [0.1, 0.15) is 0 Å². The van der Waals surface area contributed by atoms with Gasteiger partial charge in [0, 0.05) is 11.9 Å². The van der Waals surface area contributed by atoms with Crippen LogP contribution in [-0.4, -0.2) is 25.0 Å². The van der Waals surface area contributed by atoms with Crippen LogP contribution >= 0.6 is 15.9 Å². The van der Waals surface area contributed by atoms with E-state index in [0.717, 1.165) is 31.4 Å². The normalized spacial score (nSPS) is 9.75. The Hall–Kier alpha value is 0.400. The standard InChI is InChI=1S/C5H13BrN2/c6-2-5-8-4-1-3-7/h8H,1-5,7H2. The van der Waals surface area contributed by atoms with E-state index in [2.05, 4.69) is 21.2 Å². The van der Waals surface area contributed by atoms with Crippen molar-refractivity contribution in [2.75, 3.05) is 25.0 Å². The highest BCUT2D eigenvalue weighted by Gasteiger charge is 1.81. The largest absolute Gasteiger partial charge is 0.330 e. The van der Waals surface area contributed by atoms with E-state index >= 15 is 0 Å². The van der Waals surface area contributed by atoms with E-state index in [1.54, 1.807) is 0 Å². The van der Waals surface area contributed by atoms with Crippen molar-refractivity contribution in [3.8, 4) is 0 Å². The molecule has 50 valence electrons. The van der Waals surface area contributed by atoms with Gasteiger partial charge in [-0.15, -0.1) is 0 Å². The third-order valence-corrected chi connectivity index (χ3v) is 1.23. The van der Waals surface area contributed by atoms with Gasteiger partial charge in [-0.25, -0.2) is 0 Å². The van der Waals surface area contributed by atoms with Crippen LogP contribution in [0, 0.1) is 0 Å². The van der Waals surface area contributed by atoms with Gasteiger partial charge < -0.3 is 11.1 Å². The first-order valence-electron chi connectivity index (χ1n) is 2.88. The molecule has 0 aromatic carbocycles. The van der Waals surface area contributed by atoms with Gasteiger partial charge in [-0.3, -0.25) is 0 Å². The third kappa shape index (κ3) is 6.40. The van der Waals surface area contributed by atoms with Crippen LogP contribution in [0.4, 0.5) is 0 Å². The molecule has 0 aromatic heterocycles. The summed E-state index contributed by atoms with van der Waals surface area (Å²) in [6.07, 6.45) is 1.08. The first-order valence-corrected chi connectivity index (χ1v) is 4.00. The summed E-state index contributed by atoms with van der Waals surface area (Å²) in [5.41, 5.74) is 5.26. The lowest BCUT2D eigenvalue weighted by Crippen LogP contribution is -2.19. The first kappa shape index (κ1) is 8.40. The van der Waals surface area contributed by atoms with Gasteiger partial charge in [0.05, 0.1) is 0 Å². The summed E-state index contributed by atoms with van der Waals surface area (Å²) in [5, 5.41) is 4.23. The van der Waals surface area contributed by atoms with Crippen molar-refractivity contribution in [3.63, 3.8) is 0 Å². The molecule has 0 fully saturated rings. The Morgan fingerprint density at radius 1 is 1.38 bits per heavy atom. The summed E-state index contributed by atoms with van der Waals surface area (Å²) in [5.74, 6) is 0. The summed E-state index contributed by atoms with van der Waals surface area (Å²) >= 11 is 3.31. The highest BCUT2D eigenvalue weighted by Crippen LogP contribution is 1.75. The van der Waals surface area contributed by atoms with Crippen molar-refractivity contribution in [2.24, 2.45) is 5.73 Å². The molecule has 0 radical (unpaired) electrons. The van der Waals surface area contributed by atoms with Gasteiger partial charge in [-0.05, 0) is 19.5 Å². The van der Waals surface area contributed by atoms with Crippen LogP contribution in [0.1, 0.15) is 6.42 Å². The van der Waals surface area contributed by atoms with Crippen LogP contribution in [0.15, 0.2) is 0 Å². The number of alkyl halides is 1. The fourth-order valence-electron chi connectivity index (χ4n) is 0.419. The van der Waals surface area contributed by atoms with E-state index in [4.69, 9.17) is 5.73 Å². The smallest absolute Gasteiger partial charge is 0.0157 e. The number of halogens is 1. The summed E-state index contributed by atoms with van der Waals surface area (Å²) in [6.45, 7) is 2.87. The molecule has 0 amide bonds. The van der Waals surface area contributed by atoms with Crippen molar-refractivity contribution in [2.45, 2.75) is 6.42 Å². The molecule has 3 heteroatoms. The highest BCUT2D eigenvalue weighted by molar-refractivity contribution is 9.09. The van der Waals surface area contributed by atoms with Crippen molar-refractivity contribution < 1.29 is 0 Å². The van der Waals surface area contributed by atoms with E-state index < -0.39 is 0 Å². The SMILES string of the molecule is NCCCNCCBr. The molecule has 0 saturated carbocycles. The second-order valence-corrected chi connectivity index (χ2v) is 2.37. The zero-order valence-electron chi connectivity index (χ0n) is 4.99. The van der Waals surface area contributed by atoms with Crippen LogP contribution in [0.2, 0.25) is 0 Å². The monoisotopic (exact) mass is 180 g/mol. The highest BCUT2D eigenvalue weighted by atomic mass is 79.9. The van der Waals surface area contributed by atoms with Gasteiger partial charge in [-0.1, -0.05) is 15.9 Å². The molecule has 3 N–H and O–H groups in total. The van der Waals surface area contributed by atoms with Gasteiger partial charge in [0.15, 0.2) is 0 Å². The van der Waals surface area contributed by atoms with Crippen LogP contribution in [0.25, 0.3) is 0 Å². The molecule has 0 spiro atoms. The summed E-state index contributed by atoms with van der Waals surface area (Å²) in [6, 6.07) is 0. The molecule has 0 aliphatic rings. The first-order chi connectivity index (χ1) is 3.91. The molecule has 0 heterocycles. The minimum Gasteiger partial charge on any atom is -0.330 e. The Kier molecular flexibility index (Phi) is 7.77. The molecule has 8 heavy (non-hydrogen) atoms. The minimum absolute atomic E-state index is 0.787. The van der Waals surface area contributed by atoms with Gasteiger partial charge in [0.25, 0.3) is 0 Å². The molecule has 0 unspecified atom stereocenters. The average Bonchev–Trinajstić information content (AvgIpc) is 1.81. The van der Waals surface area contributed by atoms with Gasteiger partial charge in [0.2, 0.25) is 0 Å². The molecular formula is C5H13BrN2. The summed E-state index contributed by atoms with van der Waals surface area (Å²) < 4.78 is 0. The van der Waals surface area contributed by atoms with Crippen LogP contribution < -0.4 is 11.1 Å². The van der Waals surface area contributed by atoms with Crippen molar-refractivity contribution in [3.05, 3.63) is 0 Å². The summed E-state index contributed by atoms with van der Waals surface area (Å²) in [7, 11) is 0. The zero-order chi connectivity index (χ0) is 6.24. The number of rotatable bonds is 5. The number of nitrogens with one attached hydrogen (secondary N) is 1. The van der Waals surface area contributed by atoms with Crippen LogP contribution in [0.5, 0.6) is 0 Å². The van der Waals surface area contributed by atoms with Crippen molar-refractivity contribution >= 4 is 15.9 Å². The maximum Gasteiger partial charge on any atom is 0.0157 e. The molecule has 0 aromatic rings. The number of nitrogens with two attached hydrogens (primary N) is 1. The molecule has 0 rings (SSSR count). The summed E-state index contributed by atoms with van der Waals surface area (Å²) in [4.78, 5) is 0. The van der Waals surface area contributed by atoms with E-state index in [1.807, 2.05) is 0 Å². The number of hydrogen-bond acceptors (Lipinski definition) is 2. The molecule has 0 aliphatic heterocycles. The van der Waals surface area contributed by atoms with Crippen molar-refractivity contribution in [1.82, 2.24) is 5.32 Å². The molecule has 0 saturated heterocycles. The average molecular weight is 181 g/mol. The lowest BCUT2D eigenvalue weighted by molar-refractivity contribution is 0.684. The zero-order valence-corrected chi connectivity index (χ0v) is 6.58. The van der Waals surface area contributed by atoms with E-state index in [1.165, 1.54) is 0 Å². The van der Waals surface area contributed by atoms with Crippen LogP contribution in [0.3, 0.4) is 0 Å². The lowest BCUT2D eigenvalue weighted by Gasteiger charge is -1.97. The minimum atomic E-state index is 0.787. The Morgan fingerprint density at radius 3 is 2.62 bits per heavy atom. The fraction of sp³-hybridized carbons (Fsp3) is 1.00. The third-order valence-electron chi connectivity index (χ3n) is 0.829.